The van der Waals surface area contributed by atoms with Gasteiger partial charge < -0.3 is 15.0 Å². The molecule has 1 amide bonds. The van der Waals surface area contributed by atoms with Crippen LogP contribution in [0.1, 0.15) is 12.7 Å². The van der Waals surface area contributed by atoms with Gasteiger partial charge in [-0.25, -0.2) is 4.98 Å². The van der Waals surface area contributed by atoms with E-state index in [0.717, 1.165) is 22.3 Å². The Hall–Kier alpha value is -1.99. The summed E-state index contributed by atoms with van der Waals surface area (Å²) in [5.41, 5.74) is 1.76. The molecule has 0 atom stereocenters. The monoisotopic (exact) mass is 306 g/mol. The van der Waals surface area contributed by atoms with E-state index < -0.39 is 0 Å². The van der Waals surface area contributed by atoms with E-state index in [4.69, 9.17) is 4.74 Å². The van der Waals surface area contributed by atoms with E-state index in [1.807, 2.05) is 24.3 Å². The van der Waals surface area contributed by atoms with Crippen LogP contribution in [0, 0.1) is 0 Å². The van der Waals surface area contributed by atoms with Crippen molar-refractivity contribution < 1.29 is 9.53 Å². The Morgan fingerprint density at radius 2 is 2.10 bits per heavy atom. The smallest absolute Gasteiger partial charge is 0.223 e. The van der Waals surface area contributed by atoms with Gasteiger partial charge in [0.15, 0.2) is 0 Å². The summed E-state index contributed by atoms with van der Waals surface area (Å²) in [5.74, 6) is 0.778. The van der Waals surface area contributed by atoms with Crippen LogP contribution in [0.15, 0.2) is 24.3 Å². The summed E-state index contributed by atoms with van der Waals surface area (Å²) in [4.78, 5) is 17.3. The Kier molecular flexibility index (Phi) is 5.24. The Morgan fingerprint density at radius 1 is 1.38 bits per heavy atom. The first-order valence-corrected chi connectivity index (χ1v) is 7.30. The summed E-state index contributed by atoms with van der Waals surface area (Å²) in [6.45, 7) is 2.15. The first-order valence-electron chi connectivity index (χ1n) is 6.53. The summed E-state index contributed by atoms with van der Waals surface area (Å²) >= 11 is 1.32. The quantitative estimate of drug-likeness (QED) is 0.888. The van der Waals surface area contributed by atoms with Crippen LogP contribution in [0.25, 0.3) is 0 Å². The molecule has 0 radical (unpaired) electrons. The molecule has 0 saturated carbocycles. The van der Waals surface area contributed by atoms with Crippen LogP contribution in [0.2, 0.25) is 0 Å². The number of nitrogens with zero attached hydrogens (tertiary/aromatic N) is 3. The summed E-state index contributed by atoms with van der Waals surface area (Å²) in [7, 11) is 3.41. The van der Waals surface area contributed by atoms with Gasteiger partial charge in [-0.3, -0.25) is 4.79 Å². The molecule has 0 saturated heterocycles. The number of benzene rings is 1. The highest BCUT2D eigenvalue weighted by Crippen LogP contribution is 2.21. The molecule has 0 fully saturated rings. The maximum atomic E-state index is 11.3. The maximum absolute atomic E-state index is 11.3. The zero-order valence-corrected chi connectivity index (χ0v) is 13.1. The SMILES string of the molecule is COCCc1nsc(Nc2ccc(N(C)C(C)=O)cc2)n1. The molecule has 0 unspecified atom stereocenters. The van der Waals surface area contributed by atoms with Crippen molar-refractivity contribution in [2.75, 3.05) is 31.0 Å². The van der Waals surface area contributed by atoms with Crippen molar-refractivity contribution in [3.63, 3.8) is 0 Å². The molecule has 1 aromatic heterocycles. The van der Waals surface area contributed by atoms with E-state index in [9.17, 15) is 4.79 Å². The van der Waals surface area contributed by atoms with Crippen molar-refractivity contribution in [3.05, 3.63) is 30.1 Å². The number of ether oxygens (including phenoxy) is 1. The van der Waals surface area contributed by atoms with Crippen LogP contribution >= 0.6 is 11.5 Å². The van der Waals surface area contributed by atoms with Crippen LogP contribution < -0.4 is 10.2 Å². The Bertz CT molecular complexity index is 597. The van der Waals surface area contributed by atoms with E-state index in [1.54, 1.807) is 19.1 Å². The molecule has 1 N–H and O–H groups in total. The number of nitrogens with one attached hydrogen (secondary N) is 1. The van der Waals surface area contributed by atoms with Gasteiger partial charge in [0.2, 0.25) is 11.0 Å². The molecule has 0 aliphatic heterocycles. The number of aromatic nitrogens is 2. The average Bonchev–Trinajstić information content (AvgIpc) is 2.92. The third kappa shape index (κ3) is 4.24. The number of amides is 1. The Balaban J connectivity index is 2.00. The second-order valence-corrected chi connectivity index (χ2v) is 5.26. The molecule has 2 aromatic rings. The highest BCUT2D eigenvalue weighted by molar-refractivity contribution is 7.09. The highest BCUT2D eigenvalue weighted by atomic mass is 32.1. The number of carbonyl (C=O) groups is 1. The van der Waals surface area contributed by atoms with Crippen LogP contribution in [0.5, 0.6) is 0 Å². The average molecular weight is 306 g/mol. The summed E-state index contributed by atoms with van der Waals surface area (Å²) in [6, 6.07) is 7.59. The standard InChI is InChI=1S/C14H18N4O2S/c1-10(19)18(2)12-6-4-11(5-7-12)15-14-16-13(17-21-14)8-9-20-3/h4-7H,8-9H2,1-3H3,(H,15,16,17). The third-order valence-electron chi connectivity index (χ3n) is 2.98. The predicted octanol–water partition coefficient (Wildman–Crippen LogP) is 2.45. The molecule has 21 heavy (non-hydrogen) atoms. The van der Waals surface area contributed by atoms with E-state index in [-0.39, 0.29) is 5.91 Å². The van der Waals surface area contributed by atoms with Gasteiger partial charge in [-0.1, -0.05) is 0 Å². The van der Waals surface area contributed by atoms with Crippen molar-refractivity contribution in [2.45, 2.75) is 13.3 Å². The number of anilines is 3. The Labute approximate surface area is 127 Å². The van der Waals surface area contributed by atoms with Gasteiger partial charge >= 0.3 is 0 Å². The van der Waals surface area contributed by atoms with Gasteiger partial charge in [0.05, 0.1) is 6.61 Å². The van der Waals surface area contributed by atoms with E-state index in [2.05, 4.69) is 14.7 Å². The molecule has 6 nitrogen and oxygen atoms in total. The predicted molar refractivity (Wildman–Crippen MR) is 84.3 cm³/mol. The zero-order valence-electron chi connectivity index (χ0n) is 12.3. The van der Waals surface area contributed by atoms with E-state index in [1.165, 1.54) is 18.5 Å². The van der Waals surface area contributed by atoms with Crippen molar-refractivity contribution in [1.29, 1.82) is 0 Å². The van der Waals surface area contributed by atoms with Crippen LogP contribution in [-0.4, -0.2) is 36.0 Å². The second-order valence-electron chi connectivity index (χ2n) is 4.51. The fourth-order valence-corrected chi connectivity index (χ4v) is 2.31. The fraction of sp³-hybridized carbons (Fsp3) is 0.357. The first kappa shape index (κ1) is 15.4. The van der Waals surface area contributed by atoms with E-state index in [0.29, 0.717) is 13.0 Å². The van der Waals surface area contributed by atoms with Gasteiger partial charge in [0, 0.05) is 50.4 Å². The van der Waals surface area contributed by atoms with Gasteiger partial charge in [0.25, 0.3) is 0 Å². The highest BCUT2D eigenvalue weighted by Gasteiger charge is 2.07. The lowest BCUT2D eigenvalue weighted by Crippen LogP contribution is -2.22. The largest absolute Gasteiger partial charge is 0.384 e. The lowest BCUT2D eigenvalue weighted by Gasteiger charge is -2.15. The fourth-order valence-electron chi connectivity index (χ4n) is 1.67. The van der Waals surface area contributed by atoms with Gasteiger partial charge in [0.1, 0.15) is 5.82 Å². The van der Waals surface area contributed by atoms with Crippen LogP contribution in [0.3, 0.4) is 0 Å². The van der Waals surface area contributed by atoms with Crippen molar-refractivity contribution in [1.82, 2.24) is 9.36 Å². The molecule has 0 bridgehead atoms. The number of carbonyl (C=O) groups excluding carboxylic acids is 1. The third-order valence-corrected chi connectivity index (χ3v) is 3.64. The molecule has 1 heterocycles. The zero-order chi connectivity index (χ0) is 15.2. The number of rotatable bonds is 6. The Morgan fingerprint density at radius 3 is 2.71 bits per heavy atom. The topological polar surface area (TPSA) is 67.3 Å². The minimum absolute atomic E-state index is 0.00242. The molecule has 0 aliphatic rings. The van der Waals surface area contributed by atoms with Crippen molar-refractivity contribution >= 4 is 33.9 Å². The molecule has 0 aliphatic carbocycles. The van der Waals surface area contributed by atoms with Crippen molar-refractivity contribution in [3.8, 4) is 0 Å². The molecule has 7 heteroatoms. The summed E-state index contributed by atoms with van der Waals surface area (Å²) in [5, 5.41) is 3.94. The minimum Gasteiger partial charge on any atom is -0.384 e. The summed E-state index contributed by atoms with van der Waals surface area (Å²) in [6.07, 6.45) is 0.705. The molecular weight excluding hydrogens is 288 g/mol. The number of hydrogen-bond donors (Lipinski definition) is 1. The number of methoxy groups -OCH3 is 1. The first-order chi connectivity index (χ1) is 10.1. The second kappa shape index (κ2) is 7.14. The van der Waals surface area contributed by atoms with Gasteiger partial charge in [-0.15, -0.1) is 0 Å². The molecule has 1 aromatic carbocycles. The lowest BCUT2D eigenvalue weighted by molar-refractivity contribution is -0.116. The molecule has 0 spiro atoms. The molecular formula is C14H18N4O2S. The van der Waals surface area contributed by atoms with Crippen LogP contribution in [-0.2, 0) is 16.0 Å². The van der Waals surface area contributed by atoms with Gasteiger partial charge in [-0.2, -0.15) is 4.37 Å². The minimum atomic E-state index is 0.00242. The molecule has 2 rings (SSSR count). The lowest BCUT2D eigenvalue weighted by atomic mass is 10.2. The summed E-state index contributed by atoms with van der Waals surface area (Å²) < 4.78 is 9.25. The molecule has 112 valence electrons. The van der Waals surface area contributed by atoms with Crippen LogP contribution in [0.4, 0.5) is 16.5 Å². The number of hydrogen-bond acceptors (Lipinski definition) is 6. The van der Waals surface area contributed by atoms with E-state index >= 15 is 0 Å². The van der Waals surface area contributed by atoms with Crippen molar-refractivity contribution in [2.24, 2.45) is 0 Å². The normalized spacial score (nSPS) is 10.4. The maximum Gasteiger partial charge on any atom is 0.223 e. The van der Waals surface area contributed by atoms with Gasteiger partial charge in [-0.05, 0) is 24.3 Å².